The Morgan fingerprint density at radius 2 is 1.97 bits per heavy atom. The third-order valence-corrected chi connectivity index (χ3v) is 7.08. The topological polar surface area (TPSA) is 93.3 Å². The van der Waals surface area contributed by atoms with E-state index in [4.69, 9.17) is 9.15 Å². The Balaban J connectivity index is 1.37. The fourth-order valence-corrected chi connectivity index (χ4v) is 5.59. The van der Waals surface area contributed by atoms with E-state index >= 15 is 0 Å². The molecule has 1 aliphatic heterocycles. The van der Waals surface area contributed by atoms with Gasteiger partial charge in [-0.2, -0.15) is 0 Å². The van der Waals surface area contributed by atoms with Gasteiger partial charge in [-0.3, -0.25) is 9.59 Å². The van der Waals surface area contributed by atoms with Crippen molar-refractivity contribution in [1.29, 1.82) is 0 Å². The molecule has 2 aromatic rings. The van der Waals surface area contributed by atoms with Gasteiger partial charge in [-0.1, -0.05) is 0 Å². The van der Waals surface area contributed by atoms with Crippen LogP contribution in [0.5, 0.6) is 0 Å². The lowest BCUT2D eigenvalue weighted by atomic mass is 9.95. The number of ether oxygens (including phenoxy) is 1. The number of thiophene rings is 1. The van der Waals surface area contributed by atoms with Crippen LogP contribution in [0.15, 0.2) is 22.8 Å². The van der Waals surface area contributed by atoms with Gasteiger partial charge in [-0.25, -0.2) is 4.79 Å². The van der Waals surface area contributed by atoms with Crippen LogP contribution in [-0.2, 0) is 22.4 Å². The number of fused-ring (bicyclic) bond motifs is 1. The van der Waals surface area contributed by atoms with Crippen LogP contribution in [0.4, 0.5) is 5.00 Å². The molecule has 1 fully saturated rings. The van der Waals surface area contributed by atoms with Crippen LogP contribution in [0, 0.1) is 0 Å². The maximum atomic E-state index is 12.8. The number of carbonyl (C=O) groups is 3. The molecular formula is C23H30N3O5S+. The van der Waals surface area contributed by atoms with Gasteiger partial charge in [0, 0.05) is 4.88 Å². The number of nitrogens with one attached hydrogen (secondary N) is 2. The van der Waals surface area contributed by atoms with Gasteiger partial charge in [0.2, 0.25) is 0 Å². The van der Waals surface area contributed by atoms with Gasteiger partial charge >= 0.3 is 5.97 Å². The molecule has 8 nitrogen and oxygen atoms in total. The first kappa shape index (κ1) is 22.5. The molecule has 4 rings (SSSR count). The molecule has 0 saturated carbocycles. The van der Waals surface area contributed by atoms with Crippen molar-refractivity contribution in [2.45, 2.75) is 45.6 Å². The standard InChI is InChI=1S/C23H29N3O5S/c1-15(2)31-23(29)20-16-6-3-4-8-18(16)32-21(20)24-19(27)14-25-9-11-26(12-10-25)22(28)17-7-5-13-30-17/h5,7,13,15H,3-4,6,8-12,14H2,1-2H3,(H,24,27)/p+1. The van der Waals surface area contributed by atoms with Crippen molar-refractivity contribution >= 4 is 34.1 Å². The Bertz CT molecular complexity index is 974. The monoisotopic (exact) mass is 460 g/mol. The second kappa shape index (κ2) is 9.87. The average molecular weight is 461 g/mol. The van der Waals surface area contributed by atoms with Crippen LogP contribution in [0.2, 0.25) is 0 Å². The maximum absolute atomic E-state index is 12.8. The van der Waals surface area contributed by atoms with Crippen molar-refractivity contribution < 1.29 is 28.4 Å². The number of hydrogen-bond acceptors (Lipinski definition) is 6. The molecule has 0 aromatic carbocycles. The van der Waals surface area contributed by atoms with E-state index < -0.39 is 0 Å². The molecule has 1 aliphatic carbocycles. The zero-order valence-corrected chi connectivity index (χ0v) is 19.4. The Morgan fingerprint density at radius 1 is 1.22 bits per heavy atom. The lowest BCUT2D eigenvalue weighted by Crippen LogP contribution is -3.15. The molecule has 172 valence electrons. The van der Waals surface area contributed by atoms with Crippen molar-refractivity contribution in [3.8, 4) is 0 Å². The van der Waals surface area contributed by atoms with E-state index in [0.29, 0.717) is 49.0 Å². The molecular weight excluding hydrogens is 430 g/mol. The summed E-state index contributed by atoms with van der Waals surface area (Å²) in [5.74, 6) is -0.250. The Kier molecular flexibility index (Phi) is 6.95. The van der Waals surface area contributed by atoms with Crippen molar-refractivity contribution in [3.05, 3.63) is 40.2 Å². The van der Waals surface area contributed by atoms with Gasteiger partial charge in [0.1, 0.15) is 5.00 Å². The normalized spacial score (nSPS) is 16.7. The highest BCUT2D eigenvalue weighted by Gasteiger charge is 2.30. The summed E-state index contributed by atoms with van der Waals surface area (Å²) in [5.41, 5.74) is 1.58. The number of rotatable bonds is 6. The molecule has 0 radical (unpaired) electrons. The zero-order valence-electron chi connectivity index (χ0n) is 18.6. The predicted molar refractivity (Wildman–Crippen MR) is 120 cm³/mol. The fourth-order valence-electron chi connectivity index (χ4n) is 4.30. The number of nitrogens with zero attached hydrogens (tertiary/aromatic N) is 1. The Morgan fingerprint density at radius 3 is 2.66 bits per heavy atom. The second-order valence-corrected chi connectivity index (χ2v) is 9.72. The van der Waals surface area contributed by atoms with Crippen molar-refractivity contribution in [2.75, 3.05) is 38.0 Å². The van der Waals surface area contributed by atoms with Crippen LogP contribution in [0.3, 0.4) is 0 Å². The first-order valence-electron chi connectivity index (χ1n) is 11.2. The summed E-state index contributed by atoms with van der Waals surface area (Å²) in [5, 5.41) is 3.60. The molecule has 1 saturated heterocycles. The van der Waals surface area contributed by atoms with Crippen LogP contribution in [0.25, 0.3) is 0 Å². The van der Waals surface area contributed by atoms with Crippen LogP contribution in [-0.4, -0.2) is 61.5 Å². The van der Waals surface area contributed by atoms with E-state index in [9.17, 15) is 14.4 Å². The number of aryl methyl sites for hydroxylation is 1. The van der Waals surface area contributed by atoms with Crippen LogP contribution in [0.1, 0.15) is 58.0 Å². The van der Waals surface area contributed by atoms with E-state index in [1.807, 2.05) is 13.8 Å². The highest BCUT2D eigenvalue weighted by atomic mass is 32.1. The zero-order chi connectivity index (χ0) is 22.7. The summed E-state index contributed by atoms with van der Waals surface area (Å²) in [6.07, 6.45) is 5.21. The van der Waals surface area contributed by atoms with Crippen LogP contribution >= 0.6 is 11.3 Å². The van der Waals surface area contributed by atoms with E-state index in [0.717, 1.165) is 36.1 Å². The quantitative estimate of drug-likeness (QED) is 0.641. The summed E-state index contributed by atoms with van der Waals surface area (Å²) in [6.45, 7) is 6.46. The number of carbonyl (C=O) groups excluding carboxylic acids is 3. The largest absolute Gasteiger partial charge is 0.459 e. The van der Waals surface area contributed by atoms with E-state index in [2.05, 4.69) is 5.32 Å². The summed E-state index contributed by atoms with van der Waals surface area (Å²) < 4.78 is 10.7. The SMILES string of the molecule is CC(C)OC(=O)c1c(NC(=O)C[NH+]2CCN(C(=O)c3ccco3)CC2)sc2c1CCCC2. The minimum Gasteiger partial charge on any atom is -0.459 e. The average Bonchev–Trinajstić information content (AvgIpc) is 3.41. The Labute approximate surface area is 191 Å². The van der Waals surface area contributed by atoms with Gasteiger partial charge in [-0.05, 0) is 57.2 Å². The molecule has 3 heterocycles. The molecule has 0 spiro atoms. The third kappa shape index (κ3) is 5.05. The lowest BCUT2D eigenvalue weighted by Gasteiger charge is -2.31. The number of furan rings is 1. The summed E-state index contributed by atoms with van der Waals surface area (Å²) in [6, 6.07) is 3.37. The third-order valence-electron chi connectivity index (χ3n) is 5.87. The van der Waals surface area contributed by atoms with Gasteiger partial charge in [0.25, 0.3) is 11.8 Å². The minimum absolute atomic E-state index is 0.115. The Hall–Kier alpha value is -2.65. The highest BCUT2D eigenvalue weighted by Crippen LogP contribution is 2.38. The minimum atomic E-state index is -0.355. The molecule has 0 atom stereocenters. The predicted octanol–water partition coefficient (Wildman–Crippen LogP) is 1.76. The molecule has 2 aliphatic rings. The molecule has 9 heteroatoms. The number of piperazine rings is 1. The number of hydrogen-bond donors (Lipinski definition) is 2. The molecule has 0 unspecified atom stereocenters. The molecule has 2 aromatic heterocycles. The van der Waals surface area contributed by atoms with Gasteiger partial charge in [-0.15, -0.1) is 11.3 Å². The van der Waals surface area contributed by atoms with Crippen molar-refractivity contribution in [3.63, 3.8) is 0 Å². The van der Waals surface area contributed by atoms with Crippen molar-refractivity contribution in [2.24, 2.45) is 0 Å². The second-order valence-electron chi connectivity index (χ2n) is 8.61. The summed E-state index contributed by atoms with van der Waals surface area (Å²) >= 11 is 1.51. The summed E-state index contributed by atoms with van der Waals surface area (Å²) in [7, 11) is 0. The fraction of sp³-hybridized carbons (Fsp3) is 0.522. The van der Waals surface area contributed by atoms with Crippen LogP contribution < -0.4 is 10.2 Å². The molecule has 0 bridgehead atoms. The van der Waals surface area contributed by atoms with Crippen molar-refractivity contribution in [1.82, 2.24) is 4.90 Å². The lowest BCUT2D eigenvalue weighted by molar-refractivity contribution is -0.895. The molecule has 2 amide bonds. The van der Waals surface area contributed by atoms with E-state index in [-0.39, 0.29) is 23.9 Å². The molecule has 2 N–H and O–H groups in total. The first-order chi connectivity index (χ1) is 15.4. The number of esters is 1. The number of anilines is 1. The maximum Gasteiger partial charge on any atom is 0.341 e. The van der Waals surface area contributed by atoms with Gasteiger partial charge in [0.05, 0.1) is 44.1 Å². The van der Waals surface area contributed by atoms with Gasteiger partial charge < -0.3 is 24.3 Å². The number of quaternary nitrogens is 1. The smallest absolute Gasteiger partial charge is 0.341 e. The molecule has 32 heavy (non-hydrogen) atoms. The first-order valence-corrected chi connectivity index (χ1v) is 12.1. The summed E-state index contributed by atoms with van der Waals surface area (Å²) in [4.78, 5) is 42.0. The highest BCUT2D eigenvalue weighted by molar-refractivity contribution is 7.17. The van der Waals surface area contributed by atoms with Gasteiger partial charge in [0.15, 0.2) is 12.3 Å². The van der Waals surface area contributed by atoms with E-state index in [1.165, 1.54) is 22.5 Å². The van der Waals surface area contributed by atoms with E-state index in [1.54, 1.807) is 17.0 Å². The number of amides is 2.